The molecule has 0 aliphatic carbocycles. The van der Waals surface area contributed by atoms with Gasteiger partial charge in [0.05, 0.1) is 0 Å². The summed E-state index contributed by atoms with van der Waals surface area (Å²) in [4.78, 5) is 0. The zero-order valence-corrected chi connectivity index (χ0v) is 21.3. The van der Waals surface area contributed by atoms with E-state index < -0.39 is 0 Å². The molecule has 1 unspecified atom stereocenters. The number of unbranched alkanes of at least 4 members (excludes halogenated alkanes) is 19. The van der Waals surface area contributed by atoms with Gasteiger partial charge < -0.3 is 0 Å². The third-order valence-electron chi connectivity index (χ3n) is 6.65. The lowest BCUT2D eigenvalue weighted by atomic mass is 9.89. The van der Waals surface area contributed by atoms with Crippen LogP contribution in [-0.4, -0.2) is 0 Å². The van der Waals surface area contributed by atoms with Crippen LogP contribution in [-0.2, 0) is 0 Å². The number of allylic oxidation sites excluding steroid dienone is 2. The fourth-order valence-corrected chi connectivity index (χ4v) is 4.39. The summed E-state index contributed by atoms with van der Waals surface area (Å²) in [5, 5.41) is 0. The smallest absolute Gasteiger partial charge is 0.0210 e. The second-order valence-corrected chi connectivity index (χ2v) is 9.98. The van der Waals surface area contributed by atoms with Gasteiger partial charge in [-0.2, -0.15) is 0 Å². The summed E-state index contributed by atoms with van der Waals surface area (Å²) in [5.74, 6) is 1.58. The van der Waals surface area contributed by atoms with Gasteiger partial charge >= 0.3 is 0 Å². The van der Waals surface area contributed by atoms with Crippen LogP contribution in [0.2, 0.25) is 0 Å². The van der Waals surface area contributed by atoms with Crippen LogP contribution in [0.15, 0.2) is 12.2 Å². The largest absolute Gasteiger partial charge is 0.0883 e. The lowest BCUT2D eigenvalue weighted by Gasteiger charge is -2.16. The van der Waals surface area contributed by atoms with Crippen LogP contribution in [0, 0.1) is 25.7 Å². The lowest BCUT2D eigenvalue weighted by Crippen LogP contribution is -2.05. The number of hydrogen-bond acceptors (Lipinski definition) is 0. The summed E-state index contributed by atoms with van der Waals surface area (Å²) in [7, 11) is 0. The molecule has 0 heteroatoms. The first-order valence-electron chi connectivity index (χ1n) is 14.0. The van der Waals surface area contributed by atoms with Crippen molar-refractivity contribution in [1.29, 1.82) is 0 Å². The summed E-state index contributed by atoms with van der Waals surface area (Å²) >= 11 is 0. The normalized spacial score (nSPS) is 13.0. The van der Waals surface area contributed by atoms with Crippen LogP contribution >= 0.6 is 0 Å². The van der Waals surface area contributed by atoms with Gasteiger partial charge in [0, 0.05) is 0 Å². The number of hydrogen-bond donors (Lipinski definition) is 0. The highest BCUT2D eigenvalue weighted by molar-refractivity contribution is 4.89. The standard InChI is InChI=1S/C30H58/c1-5-7-9-11-13-14-15-16-17-18-19-20-21-22-24-26-28-30(29(3)4)27-25-23-12-10-8-6-2/h26,28-30H,1-2,5-25,27H2,3-4H3/b28-26+. The maximum absolute atomic E-state index is 3.94. The van der Waals surface area contributed by atoms with E-state index in [2.05, 4.69) is 39.8 Å². The van der Waals surface area contributed by atoms with Gasteiger partial charge in [-0.3, -0.25) is 0 Å². The minimum Gasteiger partial charge on any atom is -0.0883 e. The molecule has 0 saturated carbocycles. The SMILES string of the molecule is [CH2]CCCCCCCCCCCCCCC/C=C/C(CCCCCCC[CH2])C(C)C. The van der Waals surface area contributed by atoms with Crippen molar-refractivity contribution < 1.29 is 0 Å². The molecule has 0 amide bonds. The minimum absolute atomic E-state index is 0.787. The lowest BCUT2D eigenvalue weighted by molar-refractivity contribution is 0.413. The second-order valence-electron chi connectivity index (χ2n) is 9.98. The molecule has 0 nitrogen and oxygen atoms in total. The molecule has 30 heavy (non-hydrogen) atoms. The molecule has 0 aromatic rings. The highest BCUT2D eigenvalue weighted by Crippen LogP contribution is 2.21. The first-order chi connectivity index (χ1) is 14.7. The van der Waals surface area contributed by atoms with Crippen molar-refractivity contribution in [3.05, 3.63) is 26.0 Å². The van der Waals surface area contributed by atoms with Gasteiger partial charge in [-0.05, 0) is 31.1 Å². The Morgan fingerprint density at radius 1 is 0.500 bits per heavy atom. The Morgan fingerprint density at radius 3 is 1.27 bits per heavy atom. The molecule has 0 aliphatic rings. The van der Waals surface area contributed by atoms with E-state index in [-0.39, 0.29) is 0 Å². The van der Waals surface area contributed by atoms with E-state index in [1.165, 1.54) is 128 Å². The van der Waals surface area contributed by atoms with Crippen LogP contribution < -0.4 is 0 Å². The van der Waals surface area contributed by atoms with Crippen LogP contribution in [0.5, 0.6) is 0 Å². The van der Waals surface area contributed by atoms with Gasteiger partial charge in [0.15, 0.2) is 0 Å². The fraction of sp³-hybridized carbons (Fsp3) is 0.867. The highest BCUT2D eigenvalue weighted by Gasteiger charge is 2.09. The van der Waals surface area contributed by atoms with Crippen LogP contribution in [0.4, 0.5) is 0 Å². The van der Waals surface area contributed by atoms with E-state index in [4.69, 9.17) is 0 Å². The Morgan fingerprint density at radius 2 is 0.867 bits per heavy atom. The Balaban J connectivity index is 3.44. The van der Waals surface area contributed by atoms with Crippen molar-refractivity contribution in [1.82, 2.24) is 0 Å². The molecule has 0 aromatic carbocycles. The Bertz CT molecular complexity index is 327. The van der Waals surface area contributed by atoms with E-state index in [0.717, 1.165) is 24.7 Å². The van der Waals surface area contributed by atoms with E-state index >= 15 is 0 Å². The van der Waals surface area contributed by atoms with Gasteiger partial charge in [-0.15, -0.1) is 0 Å². The van der Waals surface area contributed by atoms with E-state index in [9.17, 15) is 0 Å². The van der Waals surface area contributed by atoms with Crippen molar-refractivity contribution in [2.45, 2.75) is 155 Å². The Kier molecular flexibility index (Phi) is 24.8. The minimum atomic E-state index is 0.787. The first kappa shape index (κ1) is 29.7. The summed E-state index contributed by atoms with van der Waals surface area (Å²) < 4.78 is 0. The van der Waals surface area contributed by atoms with Gasteiger partial charge in [0.1, 0.15) is 0 Å². The summed E-state index contributed by atoms with van der Waals surface area (Å²) in [5.41, 5.74) is 0. The van der Waals surface area contributed by atoms with Crippen molar-refractivity contribution in [2.75, 3.05) is 0 Å². The summed E-state index contributed by atoms with van der Waals surface area (Å²) in [6.07, 6.45) is 35.5. The third-order valence-corrected chi connectivity index (χ3v) is 6.65. The molecule has 2 radical (unpaired) electrons. The fourth-order valence-electron chi connectivity index (χ4n) is 4.39. The van der Waals surface area contributed by atoms with Crippen molar-refractivity contribution >= 4 is 0 Å². The van der Waals surface area contributed by atoms with Crippen molar-refractivity contribution in [3.63, 3.8) is 0 Å². The van der Waals surface area contributed by atoms with E-state index in [1.54, 1.807) is 0 Å². The quantitative estimate of drug-likeness (QED) is 0.108. The zero-order chi connectivity index (χ0) is 22.1. The number of rotatable bonds is 24. The van der Waals surface area contributed by atoms with Gasteiger partial charge in [-0.25, -0.2) is 0 Å². The molecule has 0 bridgehead atoms. The Hall–Kier alpha value is -0.260. The van der Waals surface area contributed by atoms with Gasteiger partial charge in [0.2, 0.25) is 0 Å². The van der Waals surface area contributed by atoms with Gasteiger partial charge in [0.25, 0.3) is 0 Å². The van der Waals surface area contributed by atoms with Gasteiger partial charge in [-0.1, -0.05) is 162 Å². The van der Waals surface area contributed by atoms with Crippen LogP contribution in [0.25, 0.3) is 0 Å². The molecule has 1 atom stereocenters. The molecule has 0 saturated heterocycles. The predicted molar refractivity (Wildman–Crippen MR) is 140 cm³/mol. The maximum Gasteiger partial charge on any atom is -0.0210 e. The topological polar surface area (TPSA) is 0 Å². The second kappa shape index (κ2) is 25.0. The molecular weight excluding hydrogens is 360 g/mol. The monoisotopic (exact) mass is 418 g/mol. The molecule has 0 spiro atoms. The third kappa shape index (κ3) is 22.4. The molecule has 0 rings (SSSR count). The molecule has 178 valence electrons. The molecule has 0 aromatic heterocycles. The molecule has 0 aliphatic heterocycles. The summed E-state index contributed by atoms with van der Waals surface area (Å²) in [6.45, 7) is 12.6. The Labute approximate surface area is 193 Å². The maximum atomic E-state index is 3.94. The van der Waals surface area contributed by atoms with E-state index in [0.29, 0.717) is 0 Å². The molecule has 0 N–H and O–H groups in total. The van der Waals surface area contributed by atoms with Crippen LogP contribution in [0.1, 0.15) is 155 Å². The summed E-state index contributed by atoms with van der Waals surface area (Å²) in [6, 6.07) is 0. The molecule has 0 fully saturated rings. The van der Waals surface area contributed by atoms with E-state index in [1.807, 2.05) is 0 Å². The average Bonchev–Trinajstić information content (AvgIpc) is 2.74. The zero-order valence-electron chi connectivity index (χ0n) is 21.3. The first-order valence-corrected chi connectivity index (χ1v) is 14.0. The predicted octanol–water partition coefficient (Wildman–Crippen LogP) is 11.1. The van der Waals surface area contributed by atoms with Crippen molar-refractivity contribution in [2.24, 2.45) is 11.8 Å². The molecular formula is C30H58. The highest BCUT2D eigenvalue weighted by atomic mass is 14.1. The van der Waals surface area contributed by atoms with Crippen LogP contribution in [0.3, 0.4) is 0 Å². The molecule has 0 heterocycles. The average molecular weight is 419 g/mol. The van der Waals surface area contributed by atoms with Crippen molar-refractivity contribution in [3.8, 4) is 0 Å².